The lowest BCUT2D eigenvalue weighted by Gasteiger charge is -2.20. The number of aryl methyl sites for hydroxylation is 1. The number of nitrogens with zero attached hydrogens (tertiary/aromatic N) is 4. The quantitative estimate of drug-likeness (QED) is 0.0262. The van der Waals surface area contributed by atoms with Gasteiger partial charge >= 0.3 is 0 Å². The van der Waals surface area contributed by atoms with Crippen molar-refractivity contribution >= 4 is 64.7 Å². The molecule has 16 heteroatoms. The summed E-state index contributed by atoms with van der Waals surface area (Å²) in [6.45, 7) is 6.45. The molecule has 1 atom stereocenters. The summed E-state index contributed by atoms with van der Waals surface area (Å²) in [6.07, 6.45) is 20.6. The highest BCUT2D eigenvalue weighted by molar-refractivity contribution is 7.23. The third-order valence-corrected chi connectivity index (χ3v) is 15.3. The topological polar surface area (TPSA) is 69.8 Å². The van der Waals surface area contributed by atoms with Gasteiger partial charge in [0.1, 0.15) is 0 Å². The third-order valence-electron chi connectivity index (χ3n) is 12.9. The van der Waals surface area contributed by atoms with E-state index in [2.05, 4.69) is 23.8 Å². The molecule has 6 nitrogen and oxygen atoms in total. The monoisotopic (exact) mass is 972 g/mol. The Morgan fingerprint density at radius 3 is 1.30 bits per heavy atom. The predicted molar refractivity (Wildman–Crippen MR) is 255 cm³/mol. The van der Waals surface area contributed by atoms with Gasteiger partial charge in [-0.15, -0.1) is 22.7 Å². The van der Waals surface area contributed by atoms with Crippen molar-refractivity contribution in [2.24, 2.45) is 0 Å². The lowest BCUT2D eigenvalue weighted by atomic mass is 10.0. The van der Waals surface area contributed by atoms with Crippen molar-refractivity contribution in [3.05, 3.63) is 92.0 Å². The van der Waals surface area contributed by atoms with E-state index in [9.17, 15) is 27.2 Å². The van der Waals surface area contributed by atoms with Crippen LogP contribution in [0.15, 0.2) is 33.9 Å². The Morgan fingerprint density at radius 1 is 0.478 bits per heavy atom. The lowest BCUT2D eigenvalue weighted by molar-refractivity contribution is 0.411. The molecule has 0 aliphatic rings. The molecule has 0 saturated carbocycles. The van der Waals surface area contributed by atoms with Gasteiger partial charge in [0.25, 0.3) is 34.9 Å². The molecule has 0 N–H and O–H groups in total. The van der Waals surface area contributed by atoms with Crippen LogP contribution in [0.5, 0.6) is 0 Å². The number of hydrogen-bond donors (Lipinski definition) is 0. The van der Waals surface area contributed by atoms with Gasteiger partial charge in [0.15, 0.2) is 23.3 Å². The maximum absolute atomic E-state index is 15.3. The normalized spacial score (nSPS) is 12.5. The zero-order valence-electron chi connectivity index (χ0n) is 38.2. The average molecular weight is 973 g/mol. The third kappa shape index (κ3) is 10.6. The van der Waals surface area contributed by atoms with Crippen LogP contribution < -0.4 is 11.1 Å². The van der Waals surface area contributed by atoms with Gasteiger partial charge < -0.3 is 9.13 Å². The van der Waals surface area contributed by atoms with E-state index in [-0.39, 0.29) is 36.5 Å². The molecule has 0 aliphatic heterocycles. The number of aromatic nitrogens is 4. The minimum absolute atomic E-state index is 0.0398. The van der Waals surface area contributed by atoms with E-state index < -0.39 is 75.3 Å². The molecule has 1 aromatic carbocycles. The van der Waals surface area contributed by atoms with Gasteiger partial charge in [-0.25, -0.2) is 17.6 Å². The molecule has 0 saturated heterocycles. The van der Waals surface area contributed by atoms with Gasteiger partial charge in [-0.1, -0.05) is 129 Å². The van der Waals surface area contributed by atoms with Gasteiger partial charge in [-0.2, -0.15) is 27.5 Å². The van der Waals surface area contributed by atoms with Crippen LogP contribution in [0.1, 0.15) is 155 Å². The van der Waals surface area contributed by atoms with Gasteiger partial charge in [-0.05, 0) is 44.0 Å². The molecule has 1 unspecified atom stereocenters. The fourth-order valence-corrected chi connectivity index (χ4v) is 11.7. The molecule has 7 rings (SSSR count). The van der Waals surface area contributed by atoms with Crippen LogP contribution in [0.2, 0.25) is 0 Å². The standard InChI is InChI=1S/C51H56F8N4O2S2/c1-4-6-8-10-12-14-16-18-20-22-24-62-34-25-31-35(26-30(34)44-32(50(62)64)27-36(66-44)38-40(52)46(56)60-47(57)41(38)53)63(29(3)23-21-19-17-15-13-11-9-7-5-2)51(65)33-28-37(67-45(31)33)39-42(54)48(58)61-49(59)43(39)55/h25-29H,4-24H2,1-3H3. The van der Waals surface area contributed by atoms with Crippen molar-refractivity contribution in [1.82, 2.24) is 19.1 Å². The van der Waals surface area contributed by atoms with Crippen molar-refractivity contribution in [3.63, 3.8) is 0 Å². The summed E-state index contributed by atoms with van der Waals surface area (Å²) < 4.78 is 123. The molecule has 0 bridgehead atoms. The molecule has 7 aromatic rings. The van der Waals surface area contributed by atoms with Crippen molar-refractivity contribution in [1.29, 1.82) is 0 Å². The number of pyridine rings is 4. The van der Waals surface area contributed by atoms with E-state index in [1.54, 1.807) is 16.7 Å². The molecule has 360 valence electrons. The Hall–Kier alpha value is -4.70. The summed E-state index contributed by atoms with van der Waals surface area (Å²) in [5, 5.41) is 0.907. The molecule has 6 heterocycles. The Morgan fingerprint density at radius 2 is 0.851 bits per heavy atom. The first-order valence-corrected chi connectivity index (χ1v) is 25.4. The highest BCUT2D eigenvalue weighted by Gasteiger charge is 2.28. The average Bonchev–Trinajstić information content (AvgIpc) is 3.95. The van der Waals surface area contributed by atoms with E-state index >= 15 is 17.6 Å². The Balaban J connectivity index is 1.39. The van der Waals surface area contributed by atoms with Crippen LogP contribution in [0.3, 0.4) is 0 Å². The summed E-state index contributed by atoms with van der Waals surface area (Å²) in [5.41, 5.74) is -2.34. The van der Waals surface area contributed by atoms with Crippen molar-refractivity contribution in [2.75, 3.05) is 0 Å². The summed E-state index contributed by atoms with van der Waals surface area (Å²) in [5.74, 6) is -14.3. The number of thiophene rings is 2. The maximum atomic E-state index is 15.3. The lowest BCUT2D eigenvalue weighted by Crippen LogP contribution is -2.24. The summed E-state index contributed by atoms with van der Waals surface area (Å²) in [4.78, 5) is 34.3. The van der Waals surface area contributed by atoms with Crippen LogP contribution in [0, 0.1) is 47.1 Å². The van der Waals surface area contributed by atoms with Crippen LogP contribution >= 0.6 is 22.7 Å². The maximum Gasteiger partial charge on any atom is 0.260 e. The van der Waals surface area contributed by atoms with Crippen LogP contribution in [0.25, 0.3) is 62.9 Å². The molecule has 67 heavy (non-hydrogen) atoms. The zero-order chi connectivity index (χ0) is 47.9. The Bertz CT molecular complexity index is 2960. The smallest absolute Gasteiger partial charge is 0.260 e. The van der Waals surface area contributed by atoms with Crippen LogP contribution in [0.4, 0.5) is 35.1 Å². The Kier molecular flexibility index (Phi) is 16.9. The number of fused-ring (bicyclic) bond motifs is 6. The van der Waals surface area contributed by atoms with Crippen molar-refractivity contribution in [2.45, 2.75) is 162 Å². The van der Waals surface area contributed by atoms with E-state index in [0.29, 0.717) is 34.6 Å². The molecular formula is C51H56F8N4O2S2. The first kappa shape index (κ1) is 50.2. The van der Waals surface area contributed by atoms with E-state index in [0.717, 1.165) is 86.9 Å². The number of rotatable bonds is 24. The fourth-order valence-electron chi connectivity index (χ4n) is 9.31. The van der Waals surface area contributed by atoms with Gasteiger partial charge in [0.2, 0.25) is 0 Å². The Labute approximate surface area is 392 Å². The fraction of sp³-hybridized carbons (Fsp3) is 0.490. The molecule has 0 fully saturated rings. The second kappa shape index (κ2) is 22.6. The summed E-state index contributed by atoms with van der Waals surface area (Å²) in [6, 6.07) is 5.38. The molecule has 0 spiro atoms. The summed E-state index contributed by atoms with van der Waals surface area (Å²) in [7, 11) is 0. The van der Waals surface area contributed by atoms with E-state index in [1.807, 2.05) is 6.92 Å². The van der Waals surface area contributed by atoms with Crippen molar-refractivity contribution < 1.29 is 35.1 Å². The minimum atomic E-state index is -1.85. The van der Waals surface area contributed by atoms with E-state index in [1.165, 1.54) is 68.1 Å². The van der Waals surface area contributed by atoms with Gasteiger partial charge in [0.05, 0.1) is 32.9 Å². The second-order valence-electron chi connectivity index (χ2n) is 17.8. The molecule has 0 radical (unpaired) electrons. The molecule has 6 aromatic heterocycles. The summed E-state index contributed by atoms with van der Waals surface area (Å²) >= 11 is 1.52. The highest BCUT2D eigenvalue weighted by atomic mass is 32.1. The van der Waals surface area contributed by atoms with Crippen molar-refractivity contribution in [3.8, 4) is 20.9 Å². The first-order valence-electron chi connectivity index (χ1n) is 23.8. The van der Waals surface area contributed by atoms with Crippen LogP contribution in [-0.2, 0) is 6.54 Å². The van der Waals surface area contributed by atoms with Gasteiger partial charge in [-0.3, -0.25) is 9.59 Å². The minimum Gasteiger partial charge on any atom is -0.308 e. The SMILES string of the molecule is CCCCCCCCCCCCn1c(=O)c2cc(-c3c(F)c(F)nc(F)c3F)sc2c2cc3c(cc21)c1sc(-c2c(F)c(F)nc(F)c2F)cc1c(=O)n3C(C)CCCCCCCCCCC. The first-order chi connectivity index (χ1) is 32.3. The second-order valence-corrected chi connectivity index (χ2v) is 19.9. The zero-order valence-corrected chi connectivity index (χ0v) is 39.8. The number of unbranched alkanes of at least 4 members (excludes halogenated alkanes) is 17. The number of benzene rings is 1. The van der Waals surface area contributed by atoms with Crippen LogP contribution in [-0.4, -0.2) is 19.1 Å². The van der Waals surface area contributed by atoms with Gasteiger partial charge in [0, 0.05) is 42.5 Å². The molecule has 0 amide bonds. The largest absolute Gasteiger partial charge is 0.308 e. The number of halogens is 8. The predicted octanol–water partition coefficient (Wildman–Crippen LogP) is 16.4. The highest BCUT2D eigenvalue weighted by Crippen LogP contribution is 2.44. The molecular weight excluding hydrogens is 917 g/mol. The number of hydrogen-bond acceptors (Lipinski definition) is 6. The molecule has 0 aliphatic carbocycles. The van der Waals surface area contributed by atoms with E-state index in [4.69, 9.17) is 0 Å².